The molecule has 0 fully saturated rings. The molecule has 4 aromatic rings. The number of nitrogens with zero attached hydrogens (tertiary/aromatic N) is 4. The van der Waals surface area contributed by atoms with Gasteiger partial charge in [-0.25, -0.2) is 23.8 Å². The van der Waals surface area contributed by atoms with Gasteiger partial charge in [-0.3, -0.25) is 4.98 Å². The molecule has 1 amide bonds. The average molecular weight is 812 g/mol. The summed E-state index contributed by atoms with van der Waals surface area (Å²) < 4.78 is 41.1. The first-order valence-corrected chi connectivity index (χ1v) is 21.1. The summed E-state index contributed by atoms with van der Waals surface area (Å²) in [7, 11) is -0.816. The van der Waals surface area contributed by atoms with Gasteiger partial charge in [0.05, 0.1) is 30.9 Å². The highest BCUT2D eigenvalue weighted by atomic mass is 32.1. The number of aromatic amines is 1. The number of amides is 1. The molecule has 0 aliphatic rings. The van der Waals surface area contributed by atoms with Crippen LogP contribution in [0.5, 0.6) is 11.5 Å². The maximum absolute atomic E-state index is 16.8. The highest BCUT2D eigenvalue weighted by Gasteiger charge is 2.45. The number of aromatic carboxylic acids is 1. The number of carboxylic acid groups (broad SMARTS) is 1. The van der Waals surface area contributed by atoms with Crippen molar-refractivity contribution in [2.45, 2.75) is 97.1 Å². The summed E-state index contributed by atoms with van der Waals surface area (Å²) in [5.41, 5.74) is 1.67. The van der Waals surface area contributed by atoms with E-state index in [0.29, 0.717) is 27.9 Å². The largest absolute Gasteiger partial charge is 0.497 e. The molecule has 56 heavy (non-hydrogen) atoms. The molecule has 4 rings (SSSR count). The zero-order chi connectivity index (χ0) is 41.5. The number of aromatic nitrogens is 4. The van der Waals surface area contributed by atoms with Crippen molar-refractivity contribution in [2.75, 3.05) is 25.6 Å². The van der Waals surface area contributed by atoms with E-state index in [9.17, 15) is 24.8 Å². The van der Waals surface area contributed by atoms with Crippen molar-refractivity contribution < 1.29 is 37.7 Å². The van der Waals surface area contributed by atoms with E-state index >= 15 is 4.39 Å². The molecule has 1 unspecified atom stereocenters. The number of anilines is 1. The van der Waals surface area contributed by atoms with E-state index in [1.807, 2.05) is 0 Å². The summed E-state index contributed by atoms with van der Waals surface area (Å²) in [5, 5.41) is 29.7. The van der Waals surface area contributed by atoms with Crippen molar-refractivity contribution in [1.29, 1.82) is 5.26 Å². The van der Waals surface area contributed by atoms with E-state index in [2.05, 4.69) is 73.3 Å². The lowest BCUT2D eigenvalue weighted by Gasteiger charge is -2.42. The molecule has 0 saturated carbocycles. The first kappa shape index (κ1) is 43.5. The molecular weight excluding hydrogens is 762 g/mol. The van der Waals surface area contributed by atoms with Gasteiger partial charge in [0.25, 0.3) is 0 Å². The van der Waals surface area contributed by atoms with Crippen LogP contribution >= 0.6 is 11.3 Å². The number of nitrogens with one attached hydrogen (secondary N) is 3. The zero-order valence-corrected chi connectivity index (χ0v) is 35.1. The first-order valence-electron chi connectivity index (χ1n) is 18.1. The molecule has 15 nitrogen and oxygen atoms in total. The molecule has 2 aromatic carbocycles. The van der Waals surface area contributed by atoms with Gasteiger partial charge in [0.15, 0.2) is 36.4 Å². The number of ether oxygens (including phenoxy) is 3. The SMILES string of the molecule is COc1cc(OCCO[Si](C(C)C)(C(C)C)C(C)C)c(F)c(C(Nc2ccc(C#N)c(CNC(=O)OC(C)(C)C)c2)c2nn(-c3ncsc3C(=O)O)c(=O)[nH]2)c1. The number of carbonyl (C=O) groups is 2. The first-order chi connectivity index (χ1) is 26.3. The average Bonchev–Trinajstić information content (AvgIpc) is 3.76. The van der Waals surface area contributed by atoms with Crippen LogP contribution in [0.25, 0.3) is 5.82 Å². The zero-order valence-electron chi connectivity index (χ0n) is 33.3. The smallest absolute Gasteiger partial charge is 0.407 e. The highest BCUT2D eigenvalue weighted by molar-refractivity contribution is 7.12. The molecule has 0 aliphatic heterocycles. The third kappa shape index (κ3) is 9.94. The van der Waals surface area contributed by atoms with Gasteiger partial charge in [-0.1, -0.05) is 41.5 Å². The Balaban J connectivity index is 1.78. The maximum atomic E-state index is 16.8. The summed E-state index contributed by atoms with van der Waals surface area (Å²) in [6.45, 7) is 18.4. The van der Waals surface area contributed by atoms with Crippen LogP contribution in [-0.4, -0.2) is 71.2 Å². The van der Waals surface area contributed by atoms with Gasteiger partial charge in [0.2, 0.25) is 0 Å². The molecule has 0 spiro atoms. The quantitative estimate of drug-likeness (QED) is 0.0604. The van der Waals surface area contributed by atoms with Gasteiger partial charge in [-0.2, -0.15) is 9.94 Å². The molecule has 302 valence electrons. The number of hydrogen-bond donors (Lipinski definition) is 4. The number of carbonyl (C=O) groups excluding carboxylic acids is 1. The monoisotopic (exact) mass is 811 g/mol. The minimum Gasteiger partial charge on any atom is -0.497 e. The second-order valence-electron chi connectivity index (χ2n) is 15.0. The molecule has 4 N–H and O–H groups in total. The predicted octanol–water partition coefficient (Wildman–Crippen LogP) is 7.53. The number of halogens is 1. The molecule has 0 bridgehead atoms. The van der Waals surface area contributed by atoms with Crippen molar-refractivity contribution >= 4 is 37.4 Å². The van der Waals surface area contributed by atoms with E-state index in [-0.39, 0.29) is 58.9 Å². The number of methoxy groups -OCH3 is 1. The molecule has 0 radical (unpaired) electrons. The second-order valence-corrected chi connectivity index (χ2v) is 21.3. The molecule has 0 aliphatic carbocycles. The number of benzene rings is 2. The van der Waals surface area contributed by atoms with Crippen molar-refractivity contribution in [1.82, 2.24) is 25.1 Å². The fourth-order valence-corrected chi connectivity index (χ4v) is 13.0. The lowest BCUT2D eigenvalue weighted by molar-refractivity contribution is 0.0523. The number of H-pyrrole nitrogens is 1. The van der Waals surface area contributed by atoms with Crippen LogP contribution in [0.3, 0.4) is 0 Å². The number of carboxylic acids is 1. The van der Waals surface area contributed by atoms with Gasteiger partial charge in [-0.15, -0.1) is 16.4 Å². The van der Waals surface area contributed by atoms with Crippen molar-refractivity contribution in [2.24, 2.45) is 0 Å². The van der Waals surface area contributed by atoms with E-state index in [1.54, 1.807) is 32.9 Å². The Labute approximate surface area is 330 Å². The number of hydrogen-bond acceptors (Lipinski definition) is 12. The highest BCUT2D eigenvalue weighted by Crippen LogP contribution is 2.42. The summed E-state index contributed by atoms with van der Waals surface area (Å²) in [4.78, 5) is 44.1. The fourth-order valence-electron chi connectivity index (χ4n) is 6.93. The van der Waals surface area contributed by atoms with Crippen molar-refractivity contribution in [3.05, 3.63) is 79.5 Å². The predicted molar refractivity (Wildman–Crippen MR) is 212 cm³/mol. The van der Waals surface area contributed by atoms with Crippen LogP contribution in [0.2, 0.25) is 16.6 Å². The Morgan fingerprint density at radius 3 is 2.36 bits per heavy atom. The maximum Gasteiger partial charge on any atom is 0.407 e. The molecule has 2 aromatic heterocycles. The van der Waals surface area contributed by atoms with E-state index in [0.717, 1.165) is 16.0 Å². The van der Waals surface area contributed by atoms with Gasteiger partial charge in [0, 0.05) is 23.9 Å². The van der Waals surface area contributed by atoms with Crippen molar-refractivity contribution in [3.8, 4) is 23.4 Å². The fraction of sp³-hybridized carbons (Fsp3) is 0.474. The van der Waals surface area contributed by atoms with Crippen LogP contribution in [0.1, 0.15) is 101 Å². The van der Waals surface area contributed by atoms with Gasteiger partial charge >= 0.3 is 17.8 Å². The third-order valence-electron chi connectivity index (χ3n) is 9.20. The number of rotatable bonds is 17. The normalized spacial score (nSPS) is 12.4. The summed E-state index contributed by atoms with van der Waals surface area (Å²) in [5.74, 6) is -2.34. The minimum absolute atomic E-state index is 0.0411. The molecule has 0 saturated heterocycles. The third-order valence-corrected chi connectivity index (χ3v) is 16.1. The Bertz CT molecular complexity index is 2100. The van der Waals surface area contributed by atoms with Crippen LogP contribution in [0, 0.1) is 17.1 Å². The molecule has 18 heteroatoms. The van der Waals surface area contributed by atoms with Gasteiger partial charge in [0.1, 0.15) is 24.0 Å². The summed E-state index contributed by atoms with van der Waals surface area (Å²) in [6.07, 6.45) is -0.689. The molecular formula is C38H50FN7O8SSi. The van der Waals surface area contributed by atoms with Gasteiger partial charge in [-0.05, 0) is 67.2 Å². The van der Waals surface area contributed by atoms with Crippen LogP contribution in [0.4, 0.5) is 14.9 Å². The number of nitriles is 1. The minimum atomic E-state index is -2.23. The molecule has 1 atom stereocenters. The summed E-state index contributed by atoms with van der Waals surface area (Å²) >= 11 is 0.811. The van der Waals surface area contributed by atoms with Gasteiger partial charge < -0.3 is 34.4 Å². The second kappa shape index (κ2) is 18.1. The lowest BCUT2D eigenvalue weighted by Crippen LogP contribution is -2.48. The summed E-state index contributed by atoms with van der Waals surface area (Å²) in [6, 6.07) is 8.34. The Morgan fingerprint density at radius 1 is 1.09 bits per heavy atom. The van der Waals surface area contributed by atoms with Crippen LogP contribution < -0.4 is 25.8 Å². The number of thiazole rings is 1. The topological polar surface area (TPSA) is 203 Å². The Morgan fingerprint density at radius 2 is 1.77 bits per heavy atom. The lowest BCUT2D eigenvalue weighted by atomic mass is 10.0. The van der Waals surface area contributed by atoms with E-state index in [4.69, 9.17) is 18.6 Å². The standard InChI is InChI=1S/C38H50FN7O8SSi/c1-21(2)56(22(3)4,23(5)6)53-14-13-52-29-17-27(51-10)16-28(30(29)39)31(33-44-36(49)46(45-33)34-32(35(47)48)55-20-42-34)43-26-12-11-24(18-40)25(15-26)19-41-37(50)54-38(7,8)9/h11-12,15-17,20-23,31,43H,13-14,19H2,1-10H3,(H,41,50)(H,47,48)(H,44,45,49). The number of alkyl carbamates (subject to hydrolysis) is 1. The van der Waals surface area contributed by atoms with Crippen LogP contribution in [-0.2, 0) is 15.7 Å². The van der Waals surface area contributed by atoms with E-state index in [1.165, 1.54) is 30.8 Å². The molecule has 2 heterocycles. The Hall–Kier alpha value is -5.25. The van der Waals surface area contributed by atoms with Crippen LogP contribution in [0.15, 0.2) is 40.6 Å². The Kier molecular flexibility index (Phi) is 14.1. The van der Waals surface area contributed by atoms with Crippen molar-refractivity contribution in [3.63, 3.8) is 0 Å². The van der Waals surface area contributed by atoms with E-state index < -0.39 is 43.5 Å².